The third kappa shape index (κ3) is 3.08. The van der Waals surface area contributed by atoms with E-state index < -0.39 is 0 Å². The Labute approximate surface area is 160 Å². The number of nitrogens with one attached hydrogen (secondary N) is 2. The van der Waals surface area contributed by atoms with Gasteiger partial charge in [0.15, 0.2) is 5.82 Å². The van der Waals surface area contributed by atoms with Crippen LogP contribution in [0.3, 0.4) is 0 Å². The summed E-state index contributed by atoms with van der Waals surface area (Å²) in [5.41, 5.74) is 5.00. The van der Waals surface area contributed by atoms with Crippen molar-refractivity contribution in [3.63, 3.8) is 0 Å². The second kappa shape index (κ2) is 7.34. The summed E-state index contributed by atoms with van der Waals surface area (Å²) in [5, 5.41) is 26.5. The highest BCUT2D eigenvalue weighted by molar-refractivity contribution is 5.80. The van der Waals surface area contributed by atoms with Gasteiger partial charge in [-0.05, 0) is 35.9 Å². The normalized spacial score (nSPS) is 11.1. The van der Waals surface area contributed by atoms with Crippen molar-refractivity contribution in [1.29, 1.82) is 0 Å². The number of imidazole rings is 1. The molecule has 0 aliphatic carbocycles. The van der Waals surface area contributed by atoms with E-state index in [0.717, 1.165) is 28.0 Å². The van der Waals surface area contributed by atoms with E-state index in [1.54, 1.807) is 19.2 Å². The minimum atomic E-state index is -0.215. The number of methoxy groups -OCH3 is 2. The highest BCUT2D eigenvalue weighted by Gasteiger charge is 2.15. The molecule has 28 heavy (non-hydrogen) atoms. The zero-order valence-electron chi connectivity index (χ0n) is 15.5. The predicted molar refractivity (Wildman–Crippen MR) is 104 cm³/mol. The van der Waals surface area contributed by atoms with Crippen LogP contribution in [-0.2, 0) is 13.2 Å². The van der Waals surface area contributed by atoms with Crippen molar-refractivity contribution < 1.29 is 19.7 Å². The SMILES string of the molecule is COc1ccc2nc(-c3cc(-c4cc(CO)c(CO)c(OC)c4)n[nH]3)[nH]c2c1. The lowest BCUT2D eigenvalue weighted by atomic mass is 10.0. The summed E-state index contributed by atoms with van der Waals surface area (Å²) >= 11 is 0. The number of benzene rings is 2. The molecule has 4 aromatic rings. The van der Waals surface area contributed by atoms with Gasteiger partial charge < -0.3 is 24.7 Å². The second-order valence-electron chi connectivity index (χ2n) is 6.27. The molecule has 8 heteroatoms. The van der Waals surface area contributed by atoms with Gasteiger partial charge in [0.1, 0.15) is 17.2 Å². The Hall–Kier alpha value is -3.36. The fraction of sp³-hybridized carbons (Fsp3) is 0.200. The van der Waals surface area contributed by atoms with E-state index in [0.29, 0.717) is 28.4 Å². The van der Waals surface area contributed by atoms with Crippen LogP contribution >= 0.6 is 0 Å². The molecule has 2 heterocycles. The Kier molecular flexibility index (Phi) is 4.72. The Bertz CT molecular complexity index is 1110. The van der Waals surface area contributed by atoms with Gasteiger partial charge in [-0.25, -0.2) is 4.98 Å². The van der Waals surface area contributed by atoms with E-state index in [4.69, 9.17) is 9.47 Å². The lowest BCUT2D eigenvalue weighted by Crippen LogP contribution is -1.99. The van der Waals surface area contributed by atoms with Gasteiger partial charge in [-0.15, -0.1) is 0 Å². The monoisotopic (exact) mass is 380 g/mol. The number of hydrogen-bond donors (Lipinski definition) is 4. The fourth-order valence-electron chi connectivity index (χ4n) is 3.19. The van der Waals surface area contributed by atoms with Crippen LogP contribution in [0.4, 0.5) is 0 Å². The summed E-state index contributed by atoms with van der Waals surface area (Å²) in [7, 11) is 3.15. The molecule has 0 saturated carbocycles. The molecular formula is C20H20N4O4. The van der Waals surface area contributed by atoms with Crippen molar-refractivity contribution in [2.75, 3.05) is 14.2 Å². The Balaban J connectivity index is 1.73. The highest BCUT2D eigenvalue weighted by Crippen LogP contribution is 2.32. The maximum atomic E-state index is 9.63. The lowest BCUT2D eigenvalue weighted by Gasteiger charge is -2.12. The highest BCUT2D eigenvalue weighted by atomic mass is 16.5. The number of nitrogens with zero attached hydrogens (tertiary/aromatic N) is 2. The summed E-state index contributed by atoms with van der Waals surface area (Å²) in [6.07, 6.45) is 0. The number of H-pyrrole nitrogens is 2. The van der Waals surface area contributed by atoms with Crippen LogP contribution in [0.2, 0.25) is 0 Å². The first-order valence-corrected chi connectivity index (χ1v) is 8.68. The number of aliphatic hydroxyl groups excluding tert-OH is 2. The first-order valence-electron chi connectivity index (χ1n) is 8.68. The zero-order chi connectivity index (χ0) is 19.7. The maximum absolute atomic E-state index is 9.63. The molecule has 4 rings (SSSR count). The molecule has 0 aliphatic rings. The summed E-state index contributed by atoms with van der Waals surface area (Å²) in [4.78, 5) is 7.83. The van der Waals surface area contributed by atoms with Crippen LogP contribution in [0.15, 0.2) is 36.4 Å². The predicted octanol–water partition coefficient (Wildman–Crippen LogP) is 2.62. The van der Waals surface area contributed by atoms with Gasteiger partial charge in [0.25, 0.3) is 0 Å². The average molecular weight is 380 g/mol. The summed E-state index contributed by atoms with van der Waals surface area (Å²) < 4.78 is 10.6. The Morgan fingerprint density at radius 1 is 1.00 bits per heavy atom. The maximum Gasteiger partial charge on any atom is 0.156 e. The van der Waals surface area contributed by atoms with Crippen molar-refractivity contribution in [3.05, 3.63) is 47.5 Å². The number of aromatic nitrogens is 4. The molecular weight excluding hydrogens is 360 g/mol. The summed E-state index contributed by atoms with van der Waals surface area (Å²) in [6, 6.07) is 11.1. The van der Waals surface area contributed by atoms with E-state index in [1.807, 2.05) is 24.3 Å². The molecule has 4 N–H and O–H groups in total. The van der Waals surface area contributed by atoms with Crippen LogP contribution in [0.5, 0.6) is 11.5 Å². The van der Waals surface area contributed by atoms with E-state index >= 15 is 0 Å². The molecule has 2 aromatic heterocycles. The quantitative estimate of drug-likeness (QED) is 0.409. The van der Waals surface area contributed by atoms with E-state index in [9.17, 15) is 10.2 Å². The molecule has 0 unspecified atom stereocenters. The van der Waals surface area contributed by atoms with Crippen molar-refractivity contribution in [1.82, 2.24) is 20.2 Å². The van der Waals surface area contributed by atoms with Crippen LogP contribution in [0, 0.1) is 0 Å². The number of ether oxygens (including phenoxy) is 2. The van der Waals surface area contributed by atoms with Crippen LogP contribution in [-0.4, -0.2) is 44.6 Å². The van der Waals surface area contributed by atoms with Crippen molar-refractivity contribution in [3.8, 4) is 34.3 Å². The van der Waals surface area contributed by atoms with Gasteiger partial charge in [0, 0.05) is 17.2 Å². The molecule has 0 bridgehead atoms. The third-order valence-electron chi connectivity index (χ3n) is 4.67. The summed E-state index contributed by atoms with van der Waals surface area (Å²) in [6.45, 7) is -0.420. The third-order valence-corrected chi connectivity index (χ3v) is 4.67. The van der Waals surface area contributed by atoms with Crippen molar-refractivity contribution in [2.45, 2.75) is 13.2 Å². The van der Waals surface area contributed by atoms with E-state index in [1.165, 1.54) is 7.11 Å². The minimum Gasteiger partial charge on any atom is -0.497 e. The topological polar surface area (TPSA) is 116 Å². The molecule has 0 fully saturated rings. The standard InChI is InChI=1S/C20H20N4O4/c1-27-13-3-4-15-17(7-13)22-20(21-15)18-8-16(23-24-18)11-5-12(9-25)14(10-26)19(6-11)28-2/h3-8,25-26H,9-10H2,1-2H3,(H,21,22)(H,23,24). The zero-order valence-corrected chi connectivity index (χ0v) is 15.5. The number of rotatable bonds is 6. The van der Waals surface area contributed by atoms with Crippen molar-refractivity contribution >= 4 is 11.0 Å². The van der Waals surface area contributed by atoms with Gasteiger partial charge in [-0.3, -0.25) is 5.10 Å². The van der Waals surface area contributed by atoms with E-state index in [-0.39, 0.29) is 13.2 Å². The van der Waals surface area contributed by atoms with E-state index in [2.05, 4.69) is 20.2 Å². The molecule has 0 spiro atoms. The second-order valence-corrected chi connectivity index (χ2v) is 6.27. The first-order chi connectivity index (χ1) is 13.7. The van der Waals surface area contributed by atoms with Crippen LogP contribution in [0.25, 0.3) is 33.8 Å². The molecule has 0 saturated heterocycles. The van der Waals surface area contributed by atoms with Gasteiger partial charge in [-0.2, -0.15) is 5.10 Å². The van der Waals surface area contributed by atoms with Crippen LogP contribution < -0.4 is 9.47 Å². The fourth-order valence-corrected chi connectivity index (χ4v) is 3.19. The molecule has 8 nitrogen and oxygen atoms in total. The number of aromatic amines is 2. The largest absolute Gasteiger partial charge is 0.497 e. The number of aliphatic hydroxyl groups is 2. The molecule has 0 radical (unpaired) electrons. The van der Waals surface area contributed by atoms with Gasteiger partial charge in [-0.1, -0.05) is 0 Å². The number of fused-ring (bicyclic) bond motifs is 1. The number of hydrogen-bond acceptors (Lipinski definition) is 6. The smallest absolute Gasteiger partial charge is 0.156 e. The molecule has 0 amide bonds. The van der Waals surface area contributed by atoms with Gasteiger partial charge in [0.2, 0.25) is 0 Å². The average Bonchev–Trinajstić information content (AvgIpc) is 3.38. The molecule has 144 valence electrons. The van der Waals surface area contributed by atoms with Crippen molar-refractivity contribution in [2.24, 2.45) is 0 Å². The first kappa shape index (κ1) is 18.0. The van der Waals surface area contributed by atoms with Gasteiger partial charge in [0.05, 0.1) is 44.2 Å². The van der Waals surface area contributed by atoms with Gasteiger partial charge >= 0.3 is 0 Å². The molecule has 0 atom stereocenters. The Morgan fingerprint density at radius 2 is 1.86 bits per heavy atom. The minimum absolute atomic E-state index is 0.206. The molecule has 0 aliphatic heterocycles. The van der Waals surface area contributed by atoms with Crippen LogP contribution in [0.1, 0.15) is 11.1 Å². The Morgan fingerprint density at radius 3 is 2.57 bits per heavy atom. The summed E-state index contributed by atoms with van der Waals surface area (Å²) in [5.74, 6) is 1.91. The molecule has 2 aromatic carbocycles. The lowest BCUT2D eigenvalue weighted by molar-refractivity contribution is 0.254.